The molecule has 2 aromatic rings. The molecule has 0 aliphatic heterocycles. The summed E-state index contributed by atoms with van der Waals surface area (Å²) in [5.41, 5.74) is 2.75. The zero-order valence-electron chi connectivity index (χ0n) is 11.4. The molecule has 0 aliphatic rings. The Kier molecular flexibility index (Phi) is 3.38. The third-order valence-electron chi connectivity index (χ3n) is 2.89. The first kappa shape index (κ1) is 12.4. The normalized spacial score (nSPS) is 12.2. The van der Waals surface area contributed by atoms with Crippen molar-refractivity contribution in [1.29, 1.82) is 0 Å². The molecule has 17 heavy (non-hydrogen) atoms. The lowest BCUT2D eigenvalue weighted by Gasteiger charge is -2.12. The third kappa shape index (κ3) is 2.78. The first-order valence-corrected chi connectivity index (χ1v) is 10.2. The second-order valence-electron chi connectivity index (χ2n) is 5.99. The molecule has 0 unspecified atom stereocenters. The number of hydrogen-bond donors (Lipinski definition) is 0. The van der Waals surface area contributed by atoms with Crippen molar-refractivity contribution < 1.29 is 4.57 Å². The number of imidazole rings is 1. The van der Waals surface area contributed by atoms with Gasteiger partial charge in [0.1, 0.15) is 0 Å². The minimum atomic E-state index is -1.08. The quantitative estimate of drug-likeness (QED) is 0.579. The van der Waals surface area contributed by atoms with E-state index in [-0.39, 0.29) is 0 Å². The first-order chi connectivity index (χ1) is 8.01. The number of fused-ring (bicyclic) bond motifs is 1. The van der Waals surface area contributed by atoms with Gasteiger partial charge in [-0.2, -0.15) is 0 Å². The van der Waals surface area contributed by atoms with E-state index < -0.39 is 8.07 Å². The molecule has 2 nitrogen and oxygen atoms in total. The Bertz CT molecular complexity index is 508. The molecule has 1 aromatic carbocycles. The second kappa shape index (κ2) is 4.65. The molecular weight excluding hydrogens is 224 g/mol. The van der Waals surface area contributed by atoms with Crippen molar-refractivity contribution in [3.8, 4) is 0 Å². The van der Waals surface area contributed by atoms with Crippen molar-refractivity contribution in [3.05, 3.63) is 30.6 Å². The lowest BCUT2D eigenvalue weighted by molar-refractivity contribution is -0.655. The van der Waals surface area contributed by atoms with Gasteiger partial charge in [0.15, 0.2) is 11.0 Å². The number of aromatic nitrogens is 2. The van der Waals surface area contributed by atoms with Crippen molar-refractivity contribution in [2.75, 3.05) is 0 Å². The summed E-state index contributed by atoms with van der Waals surface area (Å²) in [4.78, 5) is 0. The van der Waals surface area contributed by atoms with Gasteiger partial charge < -0.3 is 0 Å². The number of aryl methyl sites for hydroxylation is 1. The van der Waals surface area contributed by atoms with Crippen molar-refractivity contribution in [1.82, 2.24) is 4.57 Å². The molecule has 0 bridgehead atoms. The Hall–Kier alpha value is -1.09. The van der Waals surface area contributed by atoms with Crippen molar-refractivity contribution >= 4 is 19.1 Å². The lowest BCUT2D eigenvalue weighted by Crippen LogP contribution is -2.45. The minimum Gasteiger partial charge on any atom is -0.233 e. The molecule has 2 rings (SSSR count). The van der Waals surface area contributed by atoms with E-state index in [1.807, 2.05) is 0 Å². The fourth-order valence-electron chi connectivity index (χ4n) is 2.30. The van der Waals surface area contributed by atoms with Gasteiger partial charge >= 0.3 is 0 Å². The maximum Gasteiger partial charge on any atom is 0.244 e. The summed E-state index contributed by atoms with van der Waals surface area (Å²) in [6.07, 6.45) is 4.68. The Balaban J connectivity index is 2.48. The minimum absolute atomic E-state index is 1.08. The smallest absolute Gasteiger partial charge is 0.233 e. The molecular formula is C14H23N2Si+. The fraction of sp³-hybridized carbons (Fsp3) is 0.500. The molecule has 1 aromatic heterocycles. The fourth-order valence-corrected chi connectivity index (χ4v) is 3.57. The molecule has 0 N–H and O–H groups in total. The Labute approximate surface area is 105 Å². The van der Waals surface area contributed by atoms with Crippen molar-refractivity contribution in [2.45, 2.75) is 45.7 Å². The maximum atomic E-state index is 2.44. The highest BCUT2D eigenvalue weighted by Crippen LogP contribution is 2.12. The van der Waals surface area contributed by atoms with E-state index in [1.54, 1.807) is 0 Å². The topological polar surface area (TPSA) is 8.81 Å². The number of hydrogen-bond acceptors (Lipinski definition) is 0. The van der Waals surface area contributed by atoms with E-state index in [1.165, 1.54) is 23.6 Å². The number of nitrogens with zero attached hydrogens (tertiary/aromatic N) is 2. The molecule has 3 heteroatoms. The summed E-state index contributed by atoms with van der Waals surface area (Å²) in [6, 6.07) is 8.74. The van der Waals surface area contributed by atoms with Crippen LogP contribution >= 0.6 is 0 Å². The average molecular weight is 247 g/mol. The van der Waals surface area contributed by atoms with Crippen LogP contribution in [-0.4, -0.2) is 12.6 Å². The van der Waals surface area contributed by atoms with E-state index in [2.05, 4.69) is 66.3 Å². The van der Waals surface area contributed by atoms with Gasteiger partial charge in [-0.25, -0.2) is 9.13 Å². The number of rotatable bonds is 4. The SMILES string of the molecule is CCCn1c[n+](C[Si](C)(C)C)c2ccccc21. The van der Waals surface area contributed by atoms with E-state index in [0.717, 1.165) is 6.54 Å². The van der Waals surface area contributed by atoms with Crippen LogP contribution in [0.2, 0.25) is 19.6 Å². The first-order valence-electron chi connectivity index (χ1n) is 6.48. The predicted octanol–water partition coefficient (Wildman–Crippen LogP) is 3.22. The van der Waals surface area contributed by atoms with Crippen LogP contribution in [-0.2, 0) is 12.7 Å². The summed E-state index contributed by atoms with van der Waals surface area (Å²) in [7, 11) is -1.08. The molecule has 0 spiro atoms. The van der Waals surface area contributed by atoms with Gasteiger partial charge in [-0.1, -0.05) is 38.7 Å². The largest absolute Gasteiger partial charge is 0.244 e. The molecule has 0 amide bonds. The molecule has 92 valence electrons. The van der Waals surface area contributed by atoms with Crippen LogP contribution in [0.5, 0.6) is 0 Å². The second-order valence-corrected chi connectivity index (χ2v) is 11.4. The molecule has 0 fully saturated rings. The van der Waals surface area contributed by atoms with Crippen molar-refractivity contribution in [2.24, 2.45) is 0 Å². The van der Waals surface area contributed by atoms with E-state index in [9.17, 15) is 0 Å². The van der Waals surface area contributed by atoms with Crippen LogP contribution < -0.4 is 4.57 Å². The van der Waals surface area contributed by atoms with Gasteiger partial charge in [0.25, 0.3) is 0 Å². The van der Waals surface area contributed by atoms with Gasteiger partial charge in [0, 0.05) is 0 Å². The molecule has 0 saturated carbocycles. The summed E-state index contributed by atoms with van der Waals surface area (Å²) in [5.74, 6) is 0. The van der Waals surface area contributed by atoms with Gasteiger partial charge in [-0.15, -0.1) is 0 Å². The van der Waals surface area contributed by atoms with Gasteiger partial charge in [-0.05, 0) is 18.6 Å². The highest BCUT2D eigenvalue weighted by atomic mass is 28.3. The van der Waals surface area contributed by atoms with Crippen LogP contribution in [0.1, 0.15) is 13.3 Å². The Morgan fingerprint density at radius 3 is 2.53 bits per heavy atom. The number of para-hydroxylation sites is 2. The Morgan fingerprint density at radius 2 is 1.88 bits per heavy atom. The monoisotopic (exact) mass is 247 g/mol. The highest BCUT2D eigenvalue weighted by molar-refractivity contribution is 6.74. The maximum absolute atomic E-state index is 2.44. The standard InChI is InChI=1S/C14H23N2Si/c1-5-10-15-11-16(12-17(2,3)4)14-9-7-6-8-13(14)15/h6-9,11H,5,10,12H2,1-4H3/q+1. The predicted molar refractivity (Wildman–Crippen MR) is 75.8 cm³/mol. The third-order valence-corrected chi connectivity index (χ3v) is 4.18. The van der Waals surface area contributed by atoms with E-state index >= 15 is 0 Å². The van der Waals surface area contributed by atoms with E-state index in [4.69, 9.17) is 0 Å². The number of benzene rings is 1. The summed E-state index contributed by atoms with van der Waals surface area (Å²) >= 11 is 0. The van der Waals surface area contributed by atoms with Gasteiger partial charge in [0.05, 0.1) is 20.8 Å². The van der Waals surface area contributed by atoms with Crippen LogP contribution in [0.3, 0.4) is 0 Å². The summed E-state index contributed by atoms with van der Waals surface area (Å²) < 4.78 is 4.83. The zero-order chi connectivity index (χ0) is 12.5. The van der Waals surface area contributed by atoms with Crippen LogP contribution in [0.15, 0.2) is 30.6 Å². The zero-order valence-corrected chi connectivity index (χ0v) is 12.4. The average Bonchev–Trinajstić information content (AvgIpc) is 2.56. The van der Waals surface area contributed by atoms with Crippen LogP contribution in [0, 0.1) is 0 Å². The van der Waals surface area contributed by atoms with Crippen LogP contribution in [0.25, 0.3) is 11.0 Å². The molecule has 0 aliphatic carbocycles. The highest BCUT2D eigenvalue weighted by Gasteiger charge is 2.21. The molecule has 1 heterocycles. The molecule has 0 radical (unpaired) electrons. The van der Waals surface area contributed by atoms with Gasteiger partial charge in [0.2, 0.25) is 6.33 Å². The van der Waals surface area contributed by atoms with Crippen LogP contribution in [0.4, 0.5) is 0 Å². The molecule has 0 saturated heterocycles. The lowest BCUT2D eigenvalue weighted by atomic mass is 10.3. The molecule has 0 atom stereocenters. The Morgan fingerprint density at radius 1 is 1.18 bits per heavy atom. The summed E-state index contributed by atoms with van der Waals surface area (Å²) in [6.45, 7) is 10.6. The van der Waals surface area contributed by atoms with Crippen molar-refractivity contribution in [3.63, 3.8) is 0 Å². The van der Waals surface area contributed by atoms with Gasteiger partial charge in [-0.3, -0.25) is 0 Å². The summed E-state index contributed by atoms with van der Waals surface area (Å²) in [5, 5.41) is 0. The van der Waals surface area contributed by atoms with E-state index in [0.29, 0.717) is 0 Å².